The van der Waals surface area contributed by atoms with Crippen molar-refractivity contribution in [2.24, 2.45) is 0 Å². The summed E-state index contributed by atoms with van der Waals surface area (Å²) in [5.41, 5.74) is 0. The predicted molar refractivity (Wildman–Crippen MR) is 84.6 cm³/mol. The summed E-state index contributed by atoms with van der Waals surface area (Å²) in [5, 5.41) is 3.41. The number of ether oxygens (including phenoxy) is 1. The number of amides is 1. The summed E-state index contributed by atoms with van der Waals surface area (Å²) in [6, 6.07) is 5.95. The highest BCUT2D eigenvalue weighted by Crippen LogP contribution is 2.26. The van der Waals surface area contributed by atoms with Crippen LogP contribution in [-0.2, 0) is 9.53 Å². The van der Waals surface area contributed by atoms with E-state index in [2.05, 4.69) is 5.32 Å². The largest absolute Gasteiger partial charge is 0.451 e. The Labute approximate surface area is 132 Å². The Hall–Kier alpha value is -1.95. The number of benzene rings is 1. The third-order valence-electron chi connectivity index (χ3n) is 3.14. The van der Waals surface area contributed by atoms with Crippen molar-refractivity contribution in [3.05, 3.63) is 35.0 Å². The van der Waals surface area contributed by atoms with Crippen molar-refractivity contribution < 1.29 is 18.7 Å². The van der Waals surface area contributed by atoms with Gasteiger partial charge in [-0.15, -0.1) is 11.3 Å². The lowest BCUT2D eigenvalue weighted by Gasteiger charge is -2.12. The molecule has 0 spiro atoms. The van der Waals surface area contributed by atoms with E-state index in [-0.39, 0.29) is 24.4 Å². The summed E-state index contributed by atoms with van der Waals surface area (Å²) in [6.07, 6.45) is 1.85. The molecule has 0 fully saturated rings. The lowest BCUT2D eigenvalue weighted by atomic mass is 10.2. The molecule has 1 amide bonds. The minimum atomic E-state index is -0.570. The number of hydrogen-bond donors (Lipinski definition) is 1. The van der Waals surface area contributed by atoms with Crippen LogP contribution >= 0.6 is 11.3 Å². The first-order valence-corrected chi connectivity index (χ1v) is 7.97. The Morgan fingerprint density at radius 2 is 2.14 bits per heavy atom. The van der Waals surface area contributed by atoms with Gasteiger partial charge in [0, 0.05) is 10.7 Å². The van der Waals surface area contributed by atoms with Gasteiger partial charge in [0.15, 0.2) is 6.61 Å². The van der Waals surface area contributed by atoms with Crippen molar-refractivity contribution >= 4 is 33.3 Å². The molecule has 1 atom stereocenters. The topological polar surface area (TPSA) is 55.4 Å². The molecule has 1 aromatic carbocycles. The van der Waals surface area contributed by atoms with Crippen LogP contribution in [0.15, 0.2) is 24.3 Å². The van der Waals surface area contributed by atoms with Crippen molar-refractivity contribution in [1.82, 2.24) is 5.32 Å². The van der Waals surface area contributed by atoms with Gasteiger partial charge in [-0.1, -0.05) is 13.3 Å². The van der Waals surface area contributed by atoms with Crippen LogP contribution in [0.1, 0.15) is 36.4 Å². The smallest absolute Gasteiger partial charge is 0.348 e. The van der Waals surface area contributed by atoms with Crippen LogP contribution < -0.4 is 5.32 Å². The number of carbonyl (C=O) groups is 2. The minimum absolute atomic E-state index is 0.0588. The van der Waals surface area contributed by atoms with Crippen molar-refractivity contribution in [3.8, 4) is 0 Å². The maximum Gasteiger partial charge on any atom is 0.348 e. The van der Waals surface area contributed by atoms with Gasteiger partial charge in [-0.3, -0.25) is 4.79 Å². The van der Waals surface area contributed by atoms with Crippen LogP contribution in [0.4, 0.5) is 4.39 Å². The van der Waals surface area contributed by atoms with Gasteiger partial charge in [0.1, 0.15) is 10.7 Å². The fourth-order valence-corrected chi connectivity index (χ4v) is 3.08. The number of hydrogen-bond acceptors (Lipinski definition) is 4. The zero-order valence-corrected chi connectivity index (χ0v) is 13.3. The molecule has 1 heterocycles. The fourth-order valence-electron chi connectivity index (χ4n) is 2.14. The Morgan fingerprint density at radius 3 is 2.86 bits per heavy atom. The normalized spacial score (nSPS) is 12.1. The summed E-state index contributed by atoms with van der Waals surface area (Å²) >= 11 is 1.21. The number of carbonyl (C=O) groups excluding carboxylic acids is 2. The van der Waals surface area contributed by atoms with E-state index >= 15 is 0 Å². The maximum atomic E-state index is 13.1. The van der Waals surface area contributed by atoms with E-state index in [1.54, 1.807) is 12.1 Å². The lowest BCUT2D eigenvalue weighted by molar-refractivity contribution is -0.124. The molecule has 1 unspecified atom stereocenters. The summed E-state index contributed by atoms with van der Waals surface area (Å²) in [6.45, 7) is 3.63. The molecule has 0 aliphatic rings. The van der Waals surface area contributed by atoms with E-state index < -0.39 is 5.97 Å². The van der Waals surface area contributed by atoms with Gasteiger partial charge in [0.25, 0.3) is 5.91 Å². The molecule has 0 saturated carbocycles. The number of halogens is 1. The first-order chi connectivity index (χ1) is 10.5. The number of esters is 1. The second-order valence-electron chi connectivity index (χ2n) is 5.13. The summed E-state index contributed by atoms with van der Waals surface area (Å²) in [7, 11) is 0. The van der Waals surface area contributed by atoms with Crippen molar-refractivity contribution in [2.75, 3.05) is 6.61 Å². The second kappa shape index (κ2) is 7.35. The number of nitrogens with one attached hydrogen (secondary N) is 1. The maximum absolute atomic E-state index is 13.1. The fraction of sp³-hybridized carbons (Fsp3) is 0.375. The molecule has 0 radical (unpaired) electrons. The van der Waals surface area contributed by atoms with Crippen molar-refractivity contribution in [3.63, 3.8) is 0 Å². The molecule has 6 heteroatoms. The van der Waals surface area contributed by atoms with Crippen LogP contribution in [0.3, 0.4) is 0 Å². The van der Waals surface area contributed by atoms with E-state index in [1.807, 2.05) is 13.8 Å². The third kappa shape index (κ3) is 4.27. The Bertz CT molecular complexity index is 683. The zero-order chi connectivity index (χ0) is 16.1. The summed E-state index contributed by atoms with van der Waals surface area (Å²) in [5.74, 6) is -1.24. The van der Waals surface area contributed by atoms with Crippen LogP contribution in [-0.4, -0.2) is 24.5 Å². The standard InChI is InChI=1S/C16H18FNO3S/c1-3-4-10(2)18-15(19)9-21-16(20)14-8-11-7-12(17)5-6-13(11)22-14/h5-8,10H,3-4,9H2,1-2H3,(H,18,19). The van der Waals surface area contributed by atoms with Crippen molar-refractivity contribution in [1.29, 1.82) is 0 Å². The van der Waals surface area contributed by atoms with Gasteiger partial charge in [0.2, 0.25) is 0 Å². The Balaban J connectivity index is 1.92. The average Bonchev–Trinajstić information content (AvgIpc) is 2.88. The van der Waals surface area contributed by atoms with Gasteiger partial charge in [-0.05, 0) is 43.0 Å². The summed E-state index contributed by atoms with van der Waals surface area (Å²) in [4.78, 5) is 23.9. The van der Waals surface area contributed by atoms with E-state index in [0.29, 0.717) is 10.3 Å². The Kier molecular flexibility index (Phi) is 5.49. The number of fused-ring (bicyclic) bond motifs is 1. The summed E-state index contributed by atoms with van der Waals surface area (Å²) < 4.78 is 18.9. The molecule has 2 rings (SSSR count). The van der Waals surface area contributed by atoms with E-state index in [1.165, 1.54) is 23.5 Å². The molecule has 0 bridgehead atoms. The Morgan fingerprint density at radius 1 is 1.36 bits per heavy atom. The first-order valence-electron chi connectivity index (χ1n) is 7.15. The quantitative estimate of drug-likeness (QED) is 0.828. The highest BCUT2D eigenvalue weighted by molar-refractivity contribution is 7.20. The van der Waals surface area contributed by atoms with Crippen LogP contribution in [0.25, 0.3) is 10.1 Å². The van der Waals surface area contributed by atoms with Gasteiger partial charge in [-0.25, -0.2) is 9.18 Å². The molecule has 118 valence electrons. The average molecular weight is 323 g/mol. The van der Waals surface area contributed by atoms with Gasteiger partial charge in [0.05, 0.1) is 0 Å². The molecular weight excluding hydrogens is 305 g/mol. The van der Waals surface area contributed by atoms with E-state index in [9.17, 15) is 14.0 Å². The highest BCUT2D eigenvalue weighted by Gasteiger charge is 2.14. The molecule has 1 N–H and O–H groups in total. The molecular formula is C16H18FNO3S. The van der Waals surface area contributed by atoms with Gasteiger partial charge >= 0.3 is 5.97 Å². The lowest BCUT2D eigenvalue weighted by Crippen LogP contribution is -2.35. The minimum Gasteiger partial charge on any atom is -0.451 e. The highest BCUT2D eigenvalue weighted by atomic mass is 32.1. The second-order valence-corrected chi connectivity index (χ2v) is 6.21. The van der Waals surface area contributed by atoms with Crippen LogP contribution in [0.2, 0.25) is 0 Å². The van der Waals surface area contributed by atoms with Gasteiger partial charge < -0.3 is 10.1 Å². The molecule has 1 aromatic heterocycles. The van der Waals surface area contributed by atoms with Crippen molar-refractivity contribution in [2.45, 2.75) is 32.7 Å². The van der Waals surface area contributed by atoms with Crippen LogP contribution in [0, 0.1) is 5.82 Å². The van der Waals surface area contributed by atoms with Crippen LogP contribution in [0.5, 0.6) is 0 Å². The van der Waals surface area contributed by atoms with Gasteiger partial charge in [-0.2, -0.15) is 0 Å². The first kappa shape index (κ1) is 16.4. The molecule has 2 aromatic rings. The molecule has 0 aliphatic carbocycles. The SMILES string of the molecule is CCCC(C)NC(=O)COC(=O)c1cc2cc(F)ccc2s1. The number of rotatable bonds is 6. The molecule has 0 saturated heterocycles. The number of thiophene rings is 1. The predicted octanol–water partition coefficient (Wildman–Crippen LogP) is 3.50. The molecule has 22 heavy (non-hydrogen) atoms. The zero-order valence-electron chi connectivity index (χ0n) is 12.5. The monoisotopic (exact) mass is 323 g/mol. The third-order valence-corrected chi connectivity index (χ3v) is 4.24. The van der Waals surface area contributed by atoms with E-state index in [4.69, 9.17) is 4.74 Å². The van der Waals surface area contributed by atoms with E-state index in [0.717, 1.165) is 17.5 Å². The molecule has 0 aliphatic heterocycles. The molecule has 4 nitrogen and oxygen atoms in total.